The van der Waals surface area contributed by atoms with Crippen molar-refractivity contribution in [3.63, 3.8) is 0 Å². The first kappa shape index (κ1) is 15.4. The van der Waals surface area contributed by atoms with Gasteiger partial charge < -0.3 is 5.32 Å². The van der Waals surface area contributed by atoms with Crippen molar-refractivity contribution in [3.8, 4) is 0 Å². The second-order valence-electron chi connectivity index (χ2n) is 4.81. The van der Waals surface area contributed by atoms with Crippen LogP contribution in [0.5, 0.6) is 0 Å². The number of hydrogen-bond donors (Lipinski definition) is 1. The smallest absolute Gasteiger partial charge is 0.290 e. The molecule has 0 aliphatic carbocycles. The molecule has 5 heteroatoms. The number of rotatable bonds is 9. The molecular formula is C14H23N3O2. The van der Waals surface area contributed by atoms with Crippen molar-refractivity contribution in [2.75, 3.05) is 11.9 Å². The number of nitrogens with zero attached hydrogens (tertiary/aromatic N) is 2. The Morgan fingerprint density at radius 1 is 1.26 bits per heavy atom. The van der Waals surface area contributed by atoms with Crippen LogP contribution in [-0.4, -0.2) is 16.5 Å². The Hall–Kier alpha value is -1.65. The first-order valence-electron chi connectivity index (χ1n) is 7.00. The lowest BCUT2D eigenvalue weighted by atomic mass is 10.1. The molecule has 0 unspecified atom stereocenters. The molecule has 0 atom stereocenters. The zero-order valence-corrected chi connectivity index (χ0v) is 11.8. The van der Waals surface area contributed by atoms with Crippen molar-refractivity contribution in [1.82, 2.24) is 4.98 Å². The molecule has 1 aromatic heterocycles. The van der Waals surface area contributed by atoms with Gasteiger partial charge in [-0.3, -0.25) is 10.1 Å². The molecule has 106 valence electrons. The van der Waals surface area contributed by atoms with Crippen molar-refractivity contribution >= 4 is 11.5 Å². The van der Waals surface area contributed by atoms with Gasteiger partial charge in [-0.1, -0.05) is 39.0 Å². The molecule has 0 amide bonds. The molecule has 0 radical (unpaired) electrons. The van der Waals surface area contributed by atoms with Gasteiger partial charge in [-0.15, -0.1) is 0 Å². The number of nitro groups is 1. The van der Waals surface area contributed by atoms with Crippen LogP contribution in [0.4, 0.5) is 11.5 Å². The van der Waals surface area contributed by atoms with Crippen LogP contribution in [0.1, 0.15) is 51.0 Å². The lowest BCUT2D eigenvalue weighted by Crippen LogP contribution is -2.04. The molecule has 19 heavy (non-hydrogen) atoms. The highest BCUT2D eigenvalue weighted by atomic mass is 16.6. The summed E-state index contributed by atoms with van der Waals surface area (Å²) in [7, 11) is 0. The lowest BCUT2D eigenvalue weighted by Gasteiger charge is -2.06. The molecule has 0 aliphatic heterocycles. The van der Waals surface area contributed by atoms with E-state index >= 15 is 0 Å². The van der Waals surface area contributed by atoms with Crippen LogP contribution in [0.2, 0.25) is 0 Å². The Morgan fingerprint density at radius 3 is 2.58 bits per heavy atom. The quantitative estimate of drug-likeness (QED) is 0.415. The molecule has 1 heterocycles. The lowest BCUT2D eigenvalue weighted by molar-refractivity contribution is -0.385. The van der Waals surface area contributed by atoms with Crippen LogP contribution < -0.4 is 5.32 Å². The van der Waals surface area contributed by atoms with Gasteiger partial charge in [0.25, 0.3) is 5.69 Å². The summed E-state index contributed by atoms with van der Waals surface area (Å²) >= 11 is 0. The minimum absolute atomic E-state index is 0.0742. The van der Waals surface area contributed by atoms with E-state index in [0.717, 1.165) is 18.8 Å². The monoisotopic (exact) mass is 265 g/mol. The summed E-state index contributed by atoms with van der Waals surface area (Å²) < 4.78 is 0. The van der Waals surface area contributed by atoms with Crippen LogP contribution in [0.3, 0.4) is 0 Å². The Balaban J connectivity index is 2.26. The number of hydrogen-bond acceptors (Lipinski definition) is 4. The molecule has 1 aromatic rings. The summed E-state index contributed by atoms with van der Waals surface area (Å²) in [5.74, 6) is 0.719. The largest absolute Gasteiger partial charge is 0.370 e. The van der Waals surface area contributed by atoms with Gasteiger partial charge in [-0.25, -0.2) is 4.98 Å². The average molecular weight is 265 g/mol. The Kier molecular flexibility index (Phi) is 6.85. The van der Waals surface area contributed by atoms with E-state index < -0.39 is 4.92 Å². The van der Waals surface area contributed by atoms with Crippen LogP contribution in [-0.2, 0) is 0 Å². The van der Waals surface area contributed by atoms with E-state index in [1.165, 1.54) is 38.3 Å². The maximum absolute atomic E-state index is 10.7. The maximum atomic E-state index is 10.7. The third kappa shape index (κ3) is 5.68. The number of anilines is 1. The van der Waals surface area contributed by atoms with E-state index in [9.17, 15) is 10.1 Å². The van der Waals surface area contributed by atoms with Crippen LogP contribution >= 0.6 is 0 Å². The summed E-state index contributed by atoms with van der Waals surface area (Å²) in [5.41, 5.74) is 0.718. The molecule has 0 saturated heterocycles. The van der Waals surface area contributed by atoms with Gasteiger partial charge in [0.1, 0.15) is 12.0 Å². The Bertz CT molecular complexity index is 408. The fourth-order valence-corrected chi connectivity index (χ4v) is 1.96. The standard InChI is InChI=1S/C14H23N3O2/c1-3-4-5-6-7-8-9-15-14-10-12(2)13(11-16-14)17(18)19/h10-11H,3-9H2,1-2H3,(H,15,16). The van der Waals surface area contributed by atoms with Crippen molar-refractivity contribution in [3.05, 3.63) is 27.9 Å². The van der Waals surface area contributed by atoms with Gasteiger partial charge in [0, 0.05) is 12.1 Å². The predicted molar refractivity (Wildman–Crippen MR) is 77.5 cm³/mol. The highest BCUT2D eigenvalue weighted by Crippen LogP contribution is 2.18. The zero-order valence-electron chi connectivity index (χ0n) is 11.8. The van der Waals surface area contributed by atoms with Gasteiger partial charge in [-0.05, 0) is 19.4 Å². The van der Waals surface area contributed by atoms with Crippen LogP contribution in [0, 0.1) is 17.0 Å². The molecule has 0 aromatic carbocycles. The molecule has 0 aliphatic rings. The molecular weight excluding hydrogens is 242 g/mol. The molecule has 1 N–H and O–H groups in total. The minimum Gasteiger partial charge on any atom is -0.370 e. The highest BCUT2D eigenvalue weighted by molar-refractivity contribution is 5.46. The van der Waals surface area contributed by atoms with E-state index in [-0.39, 0.29) is 5.69 Å². The summed E-state index contributed by atoms with van der Waals surface area (Å²) in [4.78, 5) is 14.3. The van der Waals surface area contributed by atoms with Crippen LogP contribution in [0.15, 0.2) is 12.3 Å². The third-order valence-electron chi connectivity index (χ3n) is 3.12. The van der Waals surface area contributed by atoms with Gasteiger partial charge in [-0.2, -0.15) is 0 Å². The van der Waals surface area contributed by atoms with Crippen molar-refractivity contribution < 1.29 is 4.92 Å². The molecule has 0 spiro atoms. The molecule has 0 bridgehead atoms. The molecule has 5 nitrogen and oxygen atoms in total. The number of nitrogens with one attached hydrogen (secondary N) is 1. The van der Waals surface area contributed by atoms with E-state index in [2.05, 4.69) is 17.2 Å². The van der Waals surface area contributed by atoms with Crippen molar-refractivity contribution in [1.29, 1.82) is 0 Å². The first-order chi connectivity index (χ1) is 9.15. The average Bonchev–Trinajstić information content (AvgIpc) is 2.37. The fourth-order valence-electron chi connectivity index (χ4n) is 1.96. The molecule has 0 saturated carbocycles. The number of aryl methyl sites for hydroxylation is 1. The predicted octanol–water partition coefficient (Wildman–Crippen LogP) is 4.07. The van der Waals surface area contributed by atoms with Gasteiger partial charge in [0.2, 0.25) is 0 Å². The minimum atomic E-state index is -0.403. The van der Waals surface area contributed by atoms with Gasteiger partial charge in [0.15, 0.2) is 0 Å². The van der Waals surface area contributed by atoms with E-state index in [0.29, 0.717) is 5.56 Å². The Morgan fingerprint density at radius 2 is 1.95 bits per heavy atom. The maximum Gasteiger partial charge on any atom is 0.290 e. The van der Waals surface area contributed by atoms with E-state index in [4.69, 9.17) is 0 Å². The third-order valence-corrected chi connectivity index (χ3v) is 3.12. The fraction of sp³-hybridized carbons (Fsp3) is 0.643. The molecule has 0 fully saturated rings. The molecule has 1 rings (SSSR count). The number of aromatic nitrogens is 1. The van der Waals surface area contributed by atoms with Crippen molar-refractivity contribution in [2.24, 2.45) is 0 Å². The number of unbranched alkanes of at least 4 members (excludes halogenated alkanes) is 5. The highest BCUT2D eigenvalue weighted by Gasteiger charge is 2.10. The second kappa shape index (κ2) is 8.45. The van der Waals surface area contributed by atoms with Gasteiger partial charge >= 0.3 is 0 Å². The van der Waals surface area contributed by atoms with E-state index in [1.807, 2.05) is 0 Å². The second-order valence-corrected chi connectivity index (χ2v) is 4.81. The van der Waals surface area contributed by atoms with E-state index in [1.54, 1.807) is 13.0 Å². The zero-order chi connectivity index (χ0) is 14.1. The van der Waals surface area contributed by atoms with Crippen molar-refractivity contribution in [2.45, 2.75) is 52.4 Å². The SMILES string of the molecule is CCCCCCCCNc1cc(C)c([N+](=O)[O-])cn1. The first-order valence-corrected chi connectivity index (χ1v) is 7.00. The Labute approximate surface area is 114 Å². The number of pyridine rings is 1. The van der Waals surface area contributed by atoms with Gasteiger partial charge in [0.05, 0.1) is 4.92 Å². The summed E-state index contributed by atoms with van der Waals surface area (Å²) in [6, 6.07) is 1.73. The van der Waals surface area contributed by atoms with Crippen LogP contribution in [0.25, 0.3) is 0 Å². The topological polar surface area (TPSA) is 68.1 Å². The summed E-state index contributed by atoms with van der Waals surface area (Å²) in [6.07, 6.45) is 8.83. The summed E-state index contributed by atoms with van der Waals surface area (Å²) in [6.45, 7) is 4.82. The summed E-state index contributed by atoms with van der Waals surface area (Å²) in [5, 5.41) is 13.9. The normalized spacial score (nSPS) is 10.4.